The van der Waals surface area contributed by atoms with Gasteiger partial charge in [0.25, 0.3) is 0 Å². The van der Waals surface area contributed by atoms with E-state index in [4.69, 9.17) is 5.41 Å². The van der Waals surface area contributed by atoms with Crippen molar-refractivity contribution >= 4 is 6.21 Å². The first-order valence-corrected chi connectivity index (χ1v) is 4.42. The molecule has 14 heavy (non-hydrogen) atoms. The second kappa shape index (κ2) is 3.83. The summed E-state index contributed by atoms with van der Waals surface area (Å²) in [5.41, 5.74) is 2.95. The maximum atomic E-state index is 7.08. The first kappa shape index (κ1) is 8.63. The molecule has 0 aliphatic carbocycles. The van der Waals surface area contributed by atoms with Crippen LogP contribution in [0.15, 0.2) is 48.7 Å². The molecule has 2 nitrogen and oxygen atoms in total. The van der Waals surface area contributed by atoms with E-state index in [1.54, 1.807) is 6.20 Å². The number of pyridine rings is 1. The molecule has 1 aromatic carbocycles. The van der Waals surface area contributed by atoms with E-state index in [1.807, 2.05) is 42.5 Å². The molecule has 0 saturated heterocycles. The minimum absolute atomic E-state index is 0.907. The van der Waals surface area contributed by atoms with Gasteiger partial charge in [0.15, 0.2) is 0 Å². The SMILES string of the molecule is N=Cc1ccc(-c2ccccn2)cc1. The van der Waals surface area contributed by atoms with Gasteiger partial charge in [-0.3, -0.25) is 4.98 Å². The van der Waals surface area contributed by atoms with Gasteiger partial charge < -0.3 is 5.41 Å². The smallest absolute Gasteiger partial charge is 0.0701 e. The van der Waals surface area contributed by atoms with Gasteiger partial charge in [-0.05, 0) is 17.7 Å². The van der Waals surface area contributed by atoms with Crippen molar-refractivity contribution in [2.75, 3.05) is 0 Å². The van der Waals surface area contributed by atoms with E-state index in [1.165, 1.54) is 6.21 Å². The van der Waals surface area contributed by atoms with Crippen molar-refractivity contribution in [1.29, 1.82) is 5.41 Å². The van der Waals surface area contributed by atoms with Crippen LogP contribution in [0.2, 0.25) is 0 Å². The third-order valence-electron chi connectivity index (χ3n) is 2.04. The van der Waals surface area contributed by atoms with Crippen LogP contribution in [-0.4, -0.2) is 11.2 Å². The van der Waals surface area contributed by atoms with E-state index >= 15 is 0 Å². The average molecular weight is 182 g/mol. The lowest BCUT2D eigenvalue weighted by Gasteiger charge is -1.99. The Hall–Kier alpha value is -1.96. The molecule has 0 spiro atoms. The fraction of sp³-hybridized carbons (Fsp3) is 0. The number of hydrogen-bond donors (Lipinski definition) is 1. The molecule has 0 unspecified atom stereocenters. The highest BCUT2D eigenvalue weighted by atomic mass is 14.7. The van der Waals surface area contributed by atoms with E-state index in [2.05, 4.69) is 4.98 Å². The molecular weight excluding hydrogens is 172 g/mol. The van der Waals surface area contributed by atoms with E-state index < -0.39 is 0 Å². The highest BCUT2D eigenvalue weighted by Crippen LogP contribution is 2.15. The third kappa shape index (κ3) is 1.69. The molecular formula is C12H10N2. The monoisotopic (exact) mass is 182 g/mol. The molecule has 2 heteroatoms. The lowest BCUT2D eigenvalue weighted by Crippen LogP contribution is -1.83. The fourth-order valence-corrected chi connectivity index (χ4v) is 1.28. The zero-order valence-electron chi connectivity index (χ0n) is 7.64. The number of rotatable bonds is 2. The molecule has 2 rings (SSSR count). The van der Waals surface area contributed by atoms with Crippen molar-refractivity contribution in [3.8, 4) is 11.3 Å². The molecule has 0 aliphatic heterocycles. The quantitative estimate of drug-likeness (QED) is 0.712. The normalized spacial score (nSPS) is 9.71. The van der Waals surface area contributed by atoms with Crippen molar-refractivity contribution in [2.45, 2.75) is 0 Å². The average Bonchev–Trinajstić information content (AvgIpc) is 2.30. The van der Waals surface area contributed by atoms with Crippen LogP contribution in [0.3, 0.4) is 0 Å². The Balaban J connectivity index is 2.39. The highest BCUT2D eigenvalue weighted by molar-refractivity contribution is 5.78. The Morgan fingerprint density at radius 2 is 1.79 bits per heavy atom. The second-order valence-corrected chi connectivity index (χ2v) is 2.98. The van der Waals surface area contributed by atoms with Crippen LogP contribution in [-0.2, 0) is 0 Å². The second-order valence-electron chi connectivity index (χ2n) is 2.98. The summed E-state index contributed by atoms with van der Waals surface area (Å²) in [5, 5.41) is 7.08. The largest absolute Gasteiger partial charge is 0.308 e. The van der Waals surface area contributed by atoms with E-state index in [9.17, 15) is 0 Å². The maximum Gasteiger partial charge on any atom is 0.0701 e. The highest BCUT2D eigenvalue weighted by Gasteiger charge is 1.96. The van der Waals surface area contributed by atoms with Crippen LogP contribution in [0.5, 0.6) is 0 Å². The van der Waals surface area contributed by atoms with E-state index in [0.717, 1.165) is 16.8 Å². The lowest BCUT2D eigenvalue weighted by molar-refractivity contribution is 1.33. The minimum atomic E-state index is 0.907. The number of nitrogens with zero attached hydrogens (tertiary/aromatic N) is 1. The summed E-state index contributed by atoms with van der Waals surface area (Å²) in [6.07, 6.45) is 3.11. The van der Waals surface area contributed by atoms with Crippen LogP contribution in [0.4, 0.5) is 0 Å². The Kier molecular flexibility index (Phi) is 2.36. The molecule has 2 aromatic rings. The van der Waals surface area contributed by atoms with Gasteiger partial charge >= 0.3 is 0 Å². The Labute approximate surface area is 82.8 Å². The minimum Gasteiger partial charge on any atom is -0.308 e. The van der Waals surface area contributed by atoms with Crippen molar-refractivity contribution in [3.63, 3.8) is 0 Å². The van der Waals surface area contributed by atoms with Gasteiger partial charge in [-0.2, -0.15) is 0 Å². The molecule has 1 N–H and O–H groups in total. The van der Waals surface area contributed by atoms with Crippen molar-refractivity contribution < 1.29 is 0 Å². The molecule has 0 amide bonds. The van der Waals surface area contributed by atoms with Gasteiger partial charge in [0.05, 0.1) is 5.69 Å². The standard InChI is InChI=1S/C12H10N2/c13-9-10-4-6-11(7-5-10)12-3-1-2-8-14-12/h1-9,13H. The van der Waals surface area contributed by atoms with Gasteiger partial charge in [0.1, 0.15) is 0 Å². The van der Waals surface area contributed by atoms with Crippen LogP contribution < -0.4 is 0 Å². The number of benzene rings is 1. The molecule has 0 fully saturated rings. The summed E-state index contributed by atoms with van der Waals surface area (Å²) in [6, 6.07) is 13.6. The Morgan fingerprint density at radius 3 is 2.36 bits per heavy atom. The number of hydrogen-bond acceptors (Lipinski definition) is 2. The summed E-state index contributed by atoms with van der Waals surface area (Å²) < 4.78 is 0. The zero-order valence-corrected chi connectivity index (χ0v) is 7.64. The van der Waals surface area contributed by atoms with E-state index in [0.29, 0.717) is 0 Å². The van der Waals surface area contributed by atoms with Gasteiger partial charge in [-0.15, -0.1) is 0 Å². The van der Waals surface area contributed by atoms with Gasteiger partial charge in [0.2, 0.25) is 0 Å². The summed E-state index contributed by atoms with van der Waals surface area (Å²) in [4.78, 5) is 4.25. The zero-order chi connectivity index (χ0) is 9.80. The molecule has 0 saturated carbocycles. The Bertz CT molecular complexity index is 418. The van der Waals surface area contributed by atoms with Crippen LogP contribution in [0, 0.1) is 5.41 Å². The first-order valence-electron chi connectivity index (χ1n) is 4.42. The van der Waals surface area contributed by atoms with Crippen LogP contribution in [0.1, 0.15) is 5.56 Å². The summed E-state index contributed by atoms with van der Waals surface area (Å²) in [7, 11) is 0. The summed E-state index contributed by atoms with van der Waals surface area (Å²) in [6.45, 7) is 0. The molecule has 1 aromatic heterocycles. The van der Waals surface area contributed by atoms with Gasteiger partial charge in [-0.1, -0.05) is 30.3 Å². The van der Waals surface area contributed by atoms with Crippen LogP contribution in [0.25, 0.3) is 11.3 Å². The van der Waals surface area contributed by atoms with Crippen molar-refractivity contribution in [1.82, 2.24) is 4.98 Å². The topological polar surface area (TPSA) is 36.7 Å². The van der Waals surface area contributed by atoms with E-state index in [-0.39, 0.29) is 0 Å². The van der Waals surface area contributed by atoms with Gasteiger partial charge in [0, 0.05) is 18.0 Å². The number of nitrogens with one attached hydrogen (secondary N) is 1. The molecule has 0 aliphatic rings. The predicted molar refractivity (Wildman–Crippen MR) is 57.6 cm³/mol. The fourth-order valence-electron chi connectivity index (χ4n) is 1.28. The molecule has 0 atom stereocenters. The molecule has 0 radical (unpaired) electrons. The van der Waals surface area contributed by atoms with Gasteiger partial charge in [-0.25, -0.2) is 0 Å². The predicted octanol–water partition coefficient (Wildman–Crippen LogP) is 2.75. The molecule has 68 valence electrons. The first-order chi connectivity index (χ1) is 6.90. The molecule has 0 bridgehead atoms. The summed E-state index contributed by atoms with van der Waals surface area (Å²) >= 11 is 0. The number of aromatic nitrogens is 1. The lowest BCUT2D eigenvalue weighted by atomic mass is 10.1. The summed E-state index contributed by atoms with van der Waals surface area (Å²) in [5.74, 6) is 0. The Morgan fingerprint density at radius 1 is 1.00 bits per heavy atom. The van der Waals surface area contributed by atoms with Crippen molar-refractivity contribution in [2.24, 2.45) is 0 Å². The van der Waals surface area contributed by atoms with Crippen molar-refractivity contribution in [3.05, 3.63) is 54.2 Å². The van der Waals surface area contributed by atoms with Crippen LogP contribution >= 0.6 is 0 Å². The third-order valence-corrected chi connectivity index (χ3v) is 2.04. The maximum absolute atomic E-state index is 7.08. The molecule has 1 heterocycles.